The number of fused-ring (bicyclic) bond motifs is 1. The second-order valence-corrected chi connectivity index (χ2v) is 7.49. The molecule has 2 aromatic carbocycles. The molecule has 1 amide bonds. The topological polar surface area (TPSA) is 55.3 Å². The maximum atomic E-state index is 13.0. The molecule has 0 saturated heterocycles. The zero-order valence-corrected chi connectivity index (χ0v) is 16.4. The van der Waals surface area contributed by atoms with Crippen LogP contribution in [0.1, 0.15) is 5.56 Å². The Balaban J connectivity index is 1.61. The molecule has 0 atom stereocenters. The van der Waals surface area contributed by atoms with Crippen LogP contribution in [0.3, 0.4) is 0 Å². The number of rotatable bonds is 6. The number of halogens is 1. The SMILES string of the molecule is O=C(COc1ccccc1)N(Cc1ccncc1)c1nc2ccc(Cl)cc2s1. The first kappa shape index (κ1) is 18.4. The summed E-state index contributed by atoms with van der Waals surface area (Å²) in [4.78, 5) is 23.3. The average molecular weight is 410 g/mol. The number of anilines is 1. The highest BCUT2D eigenvalue weighted by molar-refractivity contribution is 7.22. The Morgan fingerprint density at radius 3 is 2.64 bits per heavy atom. The van der Waals surface area contributed by atoms with Gasteiger partial charge >= 0.3 is 0 Å². The number of benzene rings is 2. The molecular weight excluding hydrogens is 394 g/mol. The van der Waals surface area contributed by atoms with Gasteiger partial charge in [0.2, 0.25) is 0 Å². The number of nitrogens with zero attached hydrogens (tertiary/aromatic N) is 3. The highest BCUT2D eigenvalue weighted by Gasteiger charge is 2.21. The molecular formula is C21H16ClN3O2S. The molecule has 28 heavy (non-hydrogen) atoms. The Hall–Kier alpha value is -2.96. The summed E-state index contributed by atoms with van der Waals surface area (Å²) in [6.07, 6.45) is 3.41. The zero-order valence-electron chi connectivity index (χ0n) is 14.8. The molecule has 0 saturated carbocycles. The predicted molar refractivity (Wildman–Crippen MR) is 112 cm³/mol. The molecule has 0 spiro atoms. The summed E-state index contributed by atoms with van der Waals surface area (Å²) in [5, 5.41) is 1.25. The minimum absolute atomic E-state index is 0.0776. The molecule has 2 heterocycles. The van der Waals surface area contributed by atoms with Gasteiger partial charge in [-0.1, -0.05) is 41.1 Å². The van der Waals surface area contributed by atoms with Crippen molar-refractivity contribution in [2.75, 3.05) is 11.5 Å². The van der Waals surface area contributed by atoms with Gasteiger partial charge in [-0.05, 0) is 48.0 Å². The van der Waals surface area contributed by atoms with Crippen molar-refractivity contribution in [1.29, 1.82) is 0 Å². The van der Waals surface area contributed by atoms with Gasteiger partial charge in [0.25, 0.3) is 5.91 Å². The third-order valence-corrected chi connectivity index (χ3v) is 5.34. The lowest BCUT2D eigenvalue weighted by atomic mass is 10.2. The van der Waals surface area contributed by atoms with Crippen molar-refractivity contribution in [2.24, 2.45) is 0 Å². The maximum Gasteiger partial charge on any atom is 0.267 e. The van der Waals surface area contributed by atoms with Crippen LogP contribution < -0.4 is 9.64 Å². The minimum Gasteiger partial charge on any atom is -0.484 e. The standard InChI is InChI=1S/C21H16ClN3O2S/c22-16-6-7-18-19(12-16)28-21(24-18)25(13-15-8-10-23-11-9-15)20(26)14-27-17-4-2-1-3-5-17/h1-12H,13-14H2. The summed E-state index contributed by atoms with van der Waals surface area (Å²) in [5.41, 5.74) is 1.77. The summed E-state index contributed by atoms with van der Waals surface area (Å²) >= 11 is 7.52. The quantitative estimate of drug-likeness (QED) is 0.451. The van der Waals surface area contributed by atoms with Crippen molar-refractivity contribution in [3.8, 4) is 5.75 Å². The minimum atomic E-state index is -0.175. The van der Waals surface area contributed by atoms with Gasteiger partial charge in [0, 0.05) is 17.4 Å². The van der Waals surface area contributed by atoms with Crippen molar-refractivity contribution in [1.82, 2.24) is 9.97 Å². The molecule has 4 aromatic rings. The van der Waals surface area contributed by atoms with E-state index in [1.165, 1.54) is 11.3 Å². The Morgan fingerprint density at radius 1 is 1.07 bits per heavy atom. The van der Waals surface area contributed by atoms with E-state index in [9.17, 15) is 4.79 Å². The van der Waals surface area contributed by atoms with Gasteiger partial charge in [-0.2, -0.15) is 0 Å². The van der Waals surface area contributed by atoms with Crippen LogP contribution in [0.15, 0.2) is 73.1 Å². The van der Waals surface area contributed by atoms with Crippen LogP contribution in [0.25, 0.3) is 10.2 Å². The largest absolute Gasteiger partial charge is 0.484 e. The van der Waals surface area contributed by atoms with Crippen molar-refractivity contribution < 1.29 is 9.53 Å². The Bertz CT molecular complexity index is 1090. The number of pyridine rings is 1. The summed E-state index contributed by atoms with van der Waals surface area (Å²) in [6, 6.07) is 18.5. The van der Waals surface area contributed by atoms with E-state index in [4.69, 9.17) is 16.3 Å². The number of para-hydroxylation sites is 1. The van der Waals surface area contributed by atoms with Gasteiger partial charge in [0.15, 0.2) is 11.7 Å². The predicted octanol–water partition coefficient (Wildman–Crippen LogP) is 4.96. The van der Waals surface area contributed by atoms with Crippen LogP contribution in [0.5, 0.6) is 5.75 Å². The number of hydrogen-bond donors (Lipinski definition) is 0. The van der Waals surface area contributed by atoms with Crippen LogP contribution in [0.2, 0.25) is 5.02 Å². The fourth-order valence-corrected chi connectivity index (χ4v) is 3.93. The fourth-order valence-electron chi connectivity index (χ4n) is 2.67. The summed E-state index contributed by atoms with van der Waals surface area (Å²) < 4.78 is 6.58. The monoisotopic (exact) mass is 409 g/mol. The van der Waals surface area contributed by atoms with Crippen LogP contribution in [-0.4, -0.2) is 22.5 Å². The molecule has 0 aliphatic heterocycles. The van der Waals surface area contributed by atoms with Crippen LogP contribution >= 0.6 is 22.9 Å². The van der Waals surface area contributed by atoms with E-state index in [2.05, 4.69) is 9.97 Å². The van der Waals surface area contributed by atoms with Crippen LogP contribution in [-0.2, 0) is 11.3 Å². The molecule has 7 heteroatoms. The lowest BCUT2D eigenvalue weighted by molar-refractivity contribution is -0.120. The fraction of sp³-hybridized carbons (Fsp3) is 0.0952. The Morgan fingerprint density at radius 2 is 1.86 bits per heavy atom. The highest BCUT2D eigenvalue weighted by atomic mass is 35.5. The van der Waals surface area contributed by atoms with E-state index < -0.39 is 0 Å². The highest BCUT2D eigenvalue weighted by Crippen LogP contribution is 2.31. The number of thiazole rings is 1. The van der Waals surface area contributed by atoms with E-state index in [0.29, 0.717) is 22.4 Å². The molecule has 2 aromatic heterocycles. The van der Waals surface area contributed by atoms with E-state index in [-0.39, 0.29) is 12.5 Å². The van der Waals surface area contributed by atoms with Crippen molar-refractivity contribution in [3.63, 3.8) is 0 Å². The first-order valence-electron chi connectivity index (χ1n) is 8.62. The number of carbonyl (C=O) groups is 1. The molecule has 0 unspecified atom stereocenters. The smallest absolute Gasteiger partial charge is 0.267 e. The molecule has 0 fully saturated rings. The molecule has 0 bridgehead atoms. The van der Waals surface area contributed by atoms with Crippen molar-refractivity contribution in [3.05, 3.63) is 83.6 Å². The van der Waals surface area contributed by atoms with Gasteiger partial charge in [0.05, 0.1) is 16.8 Å². The molecule has 4 rings (SSSR count). The number of amides is 1. The second kappa shape index (κ2) is 8.37. The molecule has 5 nitrogen and oxygen atoms in total. The molecule has 140 valence electrons. The number of ether oxygens (including phenoxy) is 1. The van der Waals surface area contributed by atoms with Crippen LogP contribution in [0.4, 0.5) is 5.13 Å². The van der Waals surface area contributed by atoms with E-state index in [1.807, 2.05) is 54.6 Å². The Kier molecular flexibility index (Phi) is 5.50. The van der Waals surface area contributed by atoms with Crippen LogP contribution in [0, 0.1) is 0 Å². The summed E-state index contributed by atoms with van der Waals surface area (Å²) in [6.45, 7) is 0.304. The van der Waals surface area contributed by atoms with Crippen molar-refractivity contribution in [2.45, 2.75) is 6.54 Å². The number of hydrogen-bond acceptors (Lipinski definition) is 5. The molecule has 0 N–H and O–H groups in total. The second-order valence-electron chi connectivity index (χ2n) is 6.05. The van der Waals surface area contributed by atoms with Gasteiger partial charge in [0.1, 0.15) is 5.75 Å². The summed E-state index contributed by atoms with van der Waals surface area (Å²) in [7, 11) is 0. The summed E-state index contributed by atoms with van der Waals surface area (Å²) in [5.74, 6) is 0.474. The third kappa shape index (κ3) is 4.30. The zero-order chi connectivity index (χ0) is 19.3. The van der Waals surface area contributed by atoms with Gasteiger partial charge in [-0.15, -0.1) is 0 Å². The Labute approximate surface area is 171 Å². The number of carbonyl (C=O) groups excluding carboxylic acids is 1. The van der Waals surface area contributed by atoms with E-state index in [1.54, 1.807) is 23.4 Å². The molecule has 0 aliphatic rings. The third-order valence-electron chi connectivity index (χ3n) is 4.07. The number of aromatic nitrogens is 2. The first-order chi connectivity index (χ1) is 13.7. The average Bonchev–Trinajstić information content (AvgIpc) is 3.14. The maximum absolute atomic E-state index is 13.0. The first-order valence-corrected chi connectivity index (χ1v) is 9.82. The van der Waals surface area contributed by atoms with E-state index in [0.717, 1.165) is 15.8 Å². The lowest BCUT2D eigenvalue weighted by Gasteiger charge is -2.20. The van der Waals surface area contributed by atoms with Gasteiger partial charge in [-0.25, -0.2) is 4.98 Å². The molecule has 0 radical (unpaired) electrons. The van der Waals surface area contributed by atoms with Gasteiger partial charge in [-0.3, -0.25) is 14.7 Å². The molecule has 0 aliphatic carbocycles. The van der Waals surface area contributed by atoms with Gasteiger partial charge < -0.3 is 4.74 Å². The lowest BCUT2D eigenvalue weighted by Crippen LogP contribution is -2.34. The van der Waals surface area contributed by atoms with Crippen molar-refractivity contribution >= 4 is 44.2 Å². The normalized spacial score (nSPS) is 10.8. The van der Waals surface area contributed by atoms with E-state index >= 15 is 0 Å².